The molecule has 3 rings (SSSR count). The Bertz CT molecular complexity index is 636. The summed E-state index contributed by atoms with van der Waals surface area (Å²) >= 11 is 0. The third-order valence-corrected chi connectivity index (χ3v) is 4.81. The van der Waals surface area contributed by atoms with Crippen LogP contribution in [0, 0.1) is 11.2 Å². The van der Waals surface area contributed by atoms with Gasteiger partial charge in [-0.1, -0.05) is 12.1 Å². The Kier molecular flexibility index (Phi) is 4.00. The van der Waals surface area contributed by atoms with Gasteiger partial charge in [-0.15, -0.1) is 0 Å². The molecule has 0 radical (unpaired) electrons. The molecule has 1 N–H and O–H groups in total. The average Bonchev–Trinajstić information content (AvgIpc) is 3.18. The van der Waals surface area contributed by atoms with Crippen molar-refractivity contribution in [2.45, 2.75) is 31.7 Å². The van der Waals surface area contributed by atoms with Crippen LogP contribution in [0.15, 0.2) is 24.3 Å². The average molecular weight is 320 g/mol. The lowest BCUT2D eigenvalue weighted by Gasteiger charge is -2.22. The fourth-order valence-electron chi connectivity index (χ4n) is 3.26. The van der Waals surface area contributed by atoms with Gasteiger partial charge < -0.3 is 15.0 Å². The molecule has 0 unspecified atom stereocenters. The van der Waals surface area contributed by atoms with Gasteiger partial charge in [0.05, 0.1) is 12.5 Å². The summed E-state index contributed by atoms with van der Waals surface area (Å²) in [5, 5.41) is 2.97. The highest BCUT2D eigenvalue weighted by Crippen LogP contribution is 2.41. The number of nitrogens with one attached hydrogen (secondary N) is 1. The maximum Gasteiger partial charge on any atom is 0.317 e. The van der Waals surface area contributed by atoms with Gasteiger partial charge in [-0.25, -0.2) is 9.18 Å². The fourth-order valence-corrected chi connectivity index (χ4v) is 3.26. The Labute approximate surface area is 134 Å². The van der Waals surface area contributed by atoms with Crippen LogP contribution in [-0.2, 0) is 9.53 Å². The molecular formula is C17H21FN2O3. The third kappa shape index (κ3) is 3.16. The maximum atomic E-state index is 13.2. The second kappa shape index (κ2) is 5.83. The SMILES string of the molecule is COC(=O)[C@]1(C)CCN(C(=O)N[C@H]2C[C@H]2c2cccc(F)c2)C1. The highest BCUT2D eigenvalue weighted by molar-refractivity contribution is 5.81. The summed E-state index contributed by atoms with van der Waals surface area (Å²) < 4.78 is 18.1. The van der Waals surface area contributed by atoms with E-state index in [9.17, 15) is 14.0 Å². The summed E-state index contributed by atoms with van der Waals surface area (Å²) in [7, 11) is 1.37. The topological polar surface area (TPSA) is 58.6 Å². The zero-order valence-electron chi connectivity index (χ0n) is 13.3. The van der Waals surface area contributed by atoms with Crippen LogP contribution in [0.2, 0.25) is 0 Å². The Hall–Kier alpha value is -2.11. The van der Waals surface area contributed by atoms with E-state index in [4.69, 9.17) is 4.74 Å². The summed E-state index contributed by atoms with van der Waals surface area (Å²) in [5.41, 5.74) is 0.286. The molecule has 1 aliphatic carbocycles. The minimum Gasteiger partial charge on any atom is -0.469 e. The van der Waals surface area contributed by atoms with Crippen LogP contribution in [0.1, 0.15) is 31.2 Å². The van der Waals surface area contributed by atoms with Gasteiger partial charge in [0, 0.05) is 25.0 Å². The summed E-state index contributed by atoms with van der Waals surface area (Å²) in [6.07, 6.45) is 1.42. The third-order valence-electron chi connectivity index (χ3n) is 4.81. The first kappa shape index (κ1) is 15.8. The molecule has 1 heterocycles. The number of carbonyl (C=O) groups excluding carboxylic acids is 2. The van der Waals surface area contributed by atoms with Crippen molar-refractivity contribution < 1.29 is 18.7 Å². The van der Waals surface area contributed by atoms with E-state index >= 15 is 0 Å². The normalized spacial score (nSPS) is 29.3. The number of hydrogen-bond donors (Lipinski definition) is 1. The Morgan fingerprint density at radius 3 is 2.91 bits per heavy atom. The molecule has 1 saturated carbocycles. The Balaban J connectivity index is 1.55. The summed E-state index contributed by atoms with van der Waals surface area (Å²) in [6.45, 7) is 2.72. The predicted molar refractivity (Wildman–Crippen MR) is 82.4 cm³/mol. The van der Waals surface area contributed by atoms with Crippen LogP contribution in [0.5, 0.6) is 0 Å². The van der Waals surface area contributed by atoms with Crippen molar-refractivity contribution in [1.29, 1.82) is 0 Å². The molecule has 2 aliphatic rings. The number of ether oxygens (including phenoxy) is 1. The van der Waals surface area contributed by atoms with Crippen molar-refractivity contribution in [3.63, 3.8) is 0 Å². The number of carbonyl (C=O) groups is 2. The molecule has 3 atom stereocenters. The van der Waals surface area contributed by atoms with Crippen molar-refractivity contribution in [3.05, 3.63) is 35.6 Å². The van der Waals surface area contributed by atoms with Crippen LogP contribution in [0.3, 0.4) is 0 Å². The molecule has 5 nitrogen and oxygen atoms in total. The van der Waals surface area contributed by atoms with Gasteiger partial charge >= 0.3 is 12.0 Å². The van der Waals surface area contributed by atoms with Gasteiger partial charge in [0.2, 0.25) is 0 Å². The molecule has 1 aromatic carbocycles. The van der Waals surface area contributed by atoms with Crippen molar-refractivity contribution >= 4 is 12.0 Å². The Morgan fingerprint density at radius 1 is 1.43 bits per heavy atom. The van der Waals surface area contributed by atoms with E-state index in [1.807, 2.05) is 13.0 Å². The number of halogens is 1. The Morgan fingerprint density at radius 2 is 2.22 bits per heavy atom. The summed E-state index contributed by atoms with van der Waals surface area (Å²) in [5.74, 6) is -0.367. The quantitative estimate of drug-likeness (QED) is 0.869. The number of amides is 2. The standard InChI is InChI=1S/C17H21FN2O3/c1-17(15(21)23-2)6-7-20(10-17)16(22)19-14-9-13(14)11-4-3-5-12(18)8-11/h3-5,8,13-14H,6-7,9-10H2,1-2H3,(H,19,22)/t13-,14-,17+/m0/s1. The molecule has 2 fully saturated rings. The van der Waals surface area contributed by atoms with Crippen molar-refractivity contribution in [2.75, 3.05) is 20.2 Å². The molecule has 1 aromatic rings. The van der Waals surface area contributed by atoms with Gasteiger partial charge in [0.25, 0.3) is 0 Å². The molecule has 124 valence electrons. The lowest BCUT2D eigenvalue weighted by molar-refractivity contribution is -0.150. The number of benzene rings is 1. The smallest absolute Gasteiger partial charge is 0.317 e. The van der Waals surface area contributed by atoms with Gasteiger partial charge in [-0.05, 0) is 37.5 Å². The van der Waals surface area contributed by atoms with Gasteiger partial charge in [0.1, 0.15) is 5.82 Å². The first-order valence-corrected chi connectivity index (χ1v) is 7.82. The van der Waals surface area contributed by atoms with E-state index < -0.39 is 5.41 Å². The van der Waals surface area contributed by atoms with Crippen LogP contribution in [-0.4, -0.2) is 43.1 Å². The number of nitrogens with zero attached hydrogens (tertiary/aromatic N) is 1. The lowest BCUT2D eigenvalue weighted by atomic mass is 9.90. The molecule has 23 heavy (non-hydrogen) atoms. The van der Waals surface area contributed by atoms with Crippen LogP contribution in [0.25, 0.3) is 0 Å². The molecule has 2 amide bonds. The molecule has 6 heteroatoms. The molecule has 1 saturated heterocycles. The second-order valence-electron chi connectivity index (χ2n) is 6.68. The first-order chi connectivity index (χ1) is 10.9. The number of methoxy groups -OCH3 is 1. The molecular weight excluding hydrogens is 299 g/mol. The van der Waals surface area contributed by atoms with Crippen molar-refractivity contribution in [1.82, 2.24) is 10.2 Å². The monoisotopic (exact) mass is 320 g/mol. The van der Waals surface area contributed by atoms with E-state index in [0.717, 1.165) is 12.0 Å². The number of hydrogen-bond acceptors (Lipinski definition) is 3. The molecule has 1 aliphatic heterocycles. The number of esters is 1. The van der Waals surface area contributed by atoms with Gasteiger partial charge in [0.15, 0.2) is 0 Å². The van der Waals surface area contributed by atoms with Gasteiger partial charge in [-0.2, -0.15) is 0 Å². The zero-order chi connectivity index (χ0) is 16.6. The highest BCUT2D eigenvalue weighted by atomic mass is 19.1. The molecule has 0 spiro atoms. The molecule has 0 bridgehead atoms. The largest absolute Gasteiger partial charge is 0.469 e. The predicted octanol–water partition coefficient (Wildman–Crippen LogP) is 2.28. The number of urea groups is 1. The van der Waals surface area contributed by atoms with Crippen LogP contribution >= 0.6 is 0 Å². The fraction of sp³-hybridized carbons (Fsp3) is 0.529. The highest BCUT2D eigenvalue weighted by Gasteiger charge is 2.45. The maximum absolute atomic E-state index is 13.2. The van der Waals surface area contributed by atoms with E-state index in [0.29, 0.717) is 19.5 Å². The summed E-state index contributed by atoms with van der Waals surface area (Å²) in [6, 6.07) is 6.36. The van der Waals surface area contributed by atoms with E-state index in [1.54, 1.807) is 11.0 Å². The van der Waals surface area contributed by atoms with E-state index in [-0.39, 0.29) is 29.8 Å². The second-order valence-corrected chi connectivity index (χ2v) is 6.68. The van der Waals surface area contributed by atoms with Crippen LogP contribution < -0.4 is 5.32 Å². The van der Waals surface area contributed by atoms with Crippen molar-refractivity contribution in [3.8, 4) is 0 Å². The van der Waals surface area contributed by atoms with Crippen molar-refractivity contribution in [2.24, 2.45) is 5.41 Å². The number of likely N-dealkylation sites (tertiary alicyclic amines) is 1. The van der Waals surface area contributed by atoms with Crippen LogP contribution in [0.4, 0.5) is 9.18 Å². The lowest BCUT2D eigenvalue weighted by Crippen LogP contribution is -2.42. The van der Waals surface area contributed by atoms with Gasteiger partial charge in [-0.3, -0.25) is 4.79 Å². The number of rotatable bonds is 3. The van der Waals surface area contributed by atoms with E-state index in [2.05, 4.69) is 5.32 Å². The minimum atomic E-state index is -0.627. The molecule has 0 aromatic heterocycles. The summed E-state index contributed by atoms with van der Waals surface area (Å²) in [4.78, 5) is 25.8. The first-order valence-electron chi connectivity index (χ1n) is 7.82. The minimum absolute atomic E-state index is 0.0364. The van der Waals surface area contributed by atoms with E-state index in [1.165, 1.54) is 19.2 Å². The zero-order valence-corrected chi connectivity index (χ0v) is 13.3.